The van der Waals surface area contributed by atoms with Crippen molar-refractivity contribution in [3.8, 4) is 11.5 Å². The van der Waals surface area contributed by atoms with E-state index in [1.165, 1.54) is 0 Å². The summed E-state index contributed by atoms with van der Waals surface area (Å²) in [6.07, 6.45) is 0.860. The van der Waals surface area contributed by atoms with Gasteiger partial charge >= 0.3 is 0 Å². The number of para-hydroxylation sites is 3. The van der Waals surface area contributed by atoms with Crippen molar-refractivity contribution in [3.63, 3.8) is 0 Å². The Morgan fingerprint density at radius 1 is 0.871 bits per heavy atom. The topological polar surface area (TPSA) is 36.3 Å². The van der Waals surface area contributed by atoms with E-state index in [4.69, 9.17) is 26.1 Å². The molecule has 0 amide bonds. The molecule has 0 fully saturated rings. The highest BCUT2D eigenvalue weighted by Crippen LogP contribution is 2.26. The van der Waals surface area contributed by atoms with E-state index >= 15 is 0 Å². The maximum Gasteiger partial charge on any atom is 0.148 e. The van der Waals surface area contributed by atoms with Gasteiger partial charge in [-0.25, -0.2) is 4.98 Å². The number of hydrogen-bond acceptors (Lipinski definition) is 3. The van der Waals surface area contributed by atoms with Crippen molar-refractivity contribution in [1.29, 1.82) is 0 Å². The first-order chi connectivity index (χ1) is 15.0. The standard InChI is InChI=1S/C26H27ClN2O2/c1-18-9-4-7-12-24(18)31-17-25-28-22-10-5-6-11-23(22)29(25)13-8-14-30-21-15-19(2)26(27)20(3)16-21/h4-7,9-12,15-16H,8,13-14,17H2,1-3H3. The van der Waals surface area contributed by atoms with Gasteiger partial charge in [0.15, 0.2) is 0 Å². The van der Waals surface area contributed by atoms with Gasteiger partial charge in [-0.1, -0.05) is 41.9 Å². The number of aryl methyl sites for hydroxylation is 4. The Morgan fingerprint density at radius 2 is 1.58 bits per heavy atom. The summed E-state index contributed by atoms with van der Waals surface area (Å²) in [5.74, 6) is 2.67. The van der Waals surface area contributed by atoms with Crippen LogP contribution in [0.15, 0.2) is 60.7 Å². The molecule has 31 heavy (non-hydrogen) atoms. The largest absolute Gasteiger partial charge is 0.494 e. The van der Waals surface area contributed by atoms with Crippen LogP contribution >= 0.6 is 11.6 Å². The zero-order valence-electron chi connectivity index (χ0n) is 18.2. The molecule has 0 aliphatic heterocycles. The quantitative estimate of drug-likeness (QED) is 0.291. The lowest BCUT2D eigenvalue weighted by Crippen LogP contribution is -2.10. The second-order valence-corrected chi connectivity index (χ2v) is 8.17. The lowest BCUT2D eigenvalue weighted by atomic mass is 10.1. The Hall–Kier alpha value is -2.98. The van der Waals surface area contributed by atoms with E-state index in [2.05, 4.69) is 23.6 Å². The van der Waals surface area contributed by atoms with Gasteiger partial charge in [-0.3, -0.25) is 0 Å². The van der Waals surface area contributed by atoms with Gasteiger partial charge in [-0.05, 0) is 74.2 Å². The molecule has 4 nitrogen and oxygen atoms in total. The first-order valence-corrected chi connectivity index (χ1v) is 10.9. The minimum atomic E-state index is 0.427. The second-order valence-electron chi connectivity index (χ2n) is 7.80. The number of aromatic nitrogens is 2. The fourth-order valence-electron chi connectivity index (χ4n) is 3.75. The van der Waals surface area contributed by atoms with Gasteiger partial charge in [0.25, 0.3) is 0 Å². The summed E-state index contributed by atoms with van der Waals surface area (Å²) >= 11 is 6.26. The van der Waals surface area contributed by atoms with Crippen molar-refractivity contribution in [2.45, 2.75) is 40.3 Å². The van der Waals surface area contributed by atoms with Gasteiger partial charge in [0.1, 0.15) is 23.9 Å². The van der Waals surface area contributed by atoms with E-state index in [0.29, 0.717) is 13.2 Å². The highest BCUT2D eigenvalue weighted by Gasteiger charge is 2.12. The molecule has 0 N–H and O–H groups in total. The number of benzene rings is 3. The van der Waals surface area contributed by atoms with Crippen LogP contribution in [0.4, 0.5) is 0 Å². The molecule has 1 heterocycles. The predicted molar refractivity (Wildman–Crippen MR) is 126 cm³/mol. The van der Waals surface area contributed by atoms with E-state index in [1.807, 2.05) is 62.4 Å². The third kappa shape index (κ3) is 4.86. The third-order valence-corrected chi connectivity index (χ3v) is 5.98. The number of ether oxygens (including phenoxy) is 2. The Labute approximate surface area is 188 Å². The van der Waals surface area contributed by atoms with Gasteiger partial charge in [-0.15, -0.1) is 0 Å². The molecule has 0 bridgehead atoms. The summed E-state index contributed by atoms with van der Waals surface area (Å²) < 4.78 is 14.3. The van der Waals surface area contributed by atoms with E-state index in [0.717, 1.165) is 63.0 Å². The lowest BCUT2D eigenvalue weighted by molar-refractivity contribution is 0.279. The van der Waals surface area contributed by atoms with E-state index in [-0.39, 0.29) is 0 Å². The number of hydrogen-bond donors (Lipinski definition) is 0. The molecule has 4 rings (SSSR count). The molecule has 5 heteroatoms. The summed E-state index contributed by atoms with van der Waals surface area (Å²) in [5, 5.41) is 0.801. The maximum atomic E-state index is 6.26. The molecule has 160 valence electrons. The number of fused-ring (bicyclic) bond motifs is 1. The summed E-state index contributed by atoms with van der Waals surface area (Å²) in [6, 6.07) is 20.2. The van der Waals surface area contributed by atoms with Crippen molar-refractivity contribution in [1.82, 2.24) is 9.55 Å². The van der Waals surface area contributed by atoms with Crippen LogP contribution in [0.5, 0.6) is 11.5 Å². The molecule has 0 saturated heterocycles. The maximum absolute atomic E-state index is 6.26. The zero-order chi connectivity index (χ0) is 21.8. The van der Waals surface area contributed by atoms with Crippen LogP contribution in [0.25, 0.3) is 11.0 Å². The van der Waals surface area contributed by atoms with Crippen molar-refractivity contribution < 1.29 is 9.47 Å². The zero-order valence-corrected chi connectivity index (χ0v) is 18.9. The first kappa shape index (κ1) is 21.3. The third-order valence-electron chi connectivity index (χ3n) is 5.39. The predicted octanol–water partition coefficient (Wildman–Crippen LogP) is 6.66. The monoisotopic (exact) mass is 434 g/mol. The highest BCUT2D eigenvalue weighted by atomic mass is 35.5. The minimum Gasteiger partial charge on any atom is -0.494 e. The molecule has 4 aromatic rings. The minimum absolute atomic E-state index is 0.427. The lowest BCUT2D eigenvalue weighted by Gasteiger charge is -2.13. The molecule has 0 aliphatic rings. The summed E-state index contributed by atoms with van der Waals surface area (Å²) in [4.78, 5) is 4.81. The van der Waals surface area contributed by atoms with Crippen LogP contribution in [0.1, 0.15) is 28.9 Å². The first-order valence-electron chi connectivity index (χ1n) is 10.5. The van der Waals surface area contributed by atoms with E-state index in [9.17, 15) is 0 Å². The van der Waals surface area contributed by atoms with Crippen LogP contribution in [-0.2, 0) is 13.2 Å². The van der Waals surface area contributed by atoms with Crippen LogP contribution in [-0.4, -0.2) is 16.2 Å². The Morgan fingerprint density at radius 3 is 2.35 bits per heavy atom. The van der Waals surface area contributed by atoms with Crippen molar-refractivity contribution in [3.05, 3.63) is 88.2 Å². The number of nitrogens with zero attached hydrogens (tertiary/aromatic N) is 2. The molecule has 0 saturated carbocycles. The molecule has 3 aromatic carbocycles. The summed E-state index contributed by atoms with van der Waals surface area (Å²) in [7, 11) is 0. The van der Waals surface area contributed by atoms with Crippen LogP contribution < -0.4 is 9.47 Å². The Kier molecular flexibility index (Phi) is 6.47. The van der Waals surface area contributed by atoms with Crippen LogP contribution in [0.3, 0.4) is 0 Å². The fourth-order valence-corrected chi connectivity index (χ4v) is 3.86. The van der Waals surface area contributed by atoms with Crippen LogP contribution in [0, 0.1) is 20.8 Å². The number of rotatable bonds is 8. The second kappa shape index (κ2) is 9.44. The van der Waals surface area contributed by atoms with Crippen LogP contribution in [0.2, 0.25) is 5.02 Å². The van der Waals surface area contributed by atoms with Gasteiger partial charge in [0.2, 0.25) is 0 Å². The number of imidazole rings is 1. The fraction of sp³-hybridized carbons (Fsp3) is 0.269. The number of halogens is 1. The molecule has 0 aliphatic carbocycles. The van der Waals surface area contributed by atoms with Gasteiger partial charge in [-0.2, -0.15) is 0 Å². The summed E-state index contributed by atoms with van der Waals surface area (Å²) in [5.41, 5.74) is 5.28. The normalized spacial score (nSPS) is 11.1. The molecule has 0 spiro atoms. The summed E-state index contributed by atoms with van der Waals surface area (Å²) in [6.45, 7) is 7.90. The van der Waals surface area contributed by atoms with Crippen molar-refractivity contribution in [2.75, 3.05) is 6.61 Å². The molecule has 0 radical (unpaired) electrons. The van der Waals surface area contributed by atoms with Gasteiger partial charge in [0.05, 0.1) is 17.6 Å². The smallest absolute Gasteiger partial charge is 0.148 e. The average Bonchev–Trinajstić information content (AvgIpc) is 3.12. The van der Waals surface area contributed by atoms with Crippen molar-refractivity contribution in [2.24, 2.45) is 0 Å². The molecular formula is C26H27ClN2O2. The molecule has 0 atom stereocenters. The highest BCUT2D eigenvalue weighted by molar-refractivity contribution is 6.32. The Bertz CT molecular complexity index is 1180. The van der Waals surface area contributed by atoms with Gasteiger partial charge < -0.3 is 14.0 Å². The molecule has 0 unspecified atom stereocenters. The molecule has 1 aromatic heterocycles. The van der Waals surface area contributed by atoms with Crippen molar-refractivity contribution >= 4 is 22.6 Å². The Balaban J connectivity index is 1.45. The SMILES string of the molecule is Cc1ccccc1OCc1nc2ccccc2n1CCCOc1cc(C)c(Cl)c(C)c1. The average molecular weight is 435 g/mol. The van der Waals surface area contributed by atoms with E-state index in [1.54, 1.807) is 0 Å². The van der Waals surface area contributed by atoms with E-state index < -0.39 is 0 Å². The molecular weight excluding hydrogens is 408 g/mol. The van der Waals surface area contributed by atoms with Gasteiger partial charge in [0, 0.05) is 11.6 Å².